The molecule has 1 heterocycles. The quantitative estimate of drug-likeness (QED) is 0.186. The molecule has 0 radical (unpaired) electrons. The summed E-state index contributed by atoms with van der Waals surface area (Å²) in [5.41, 5.74) is 6.15. The third kappa shape index (κ3) is 6.05. The number of hydrazone groups is 1. The second-order valence-corrected chi connectivity index (χ2v) is 9.05. The Morgan fingerprint density at radius 3 is 2.50 bits per heavy atom. The van der Waals surface area contributed by atoms with E-state index < -0.39 is 0 Å². The molecule has 3 aromatic carbocycles. The van der Waals surface area contributed by atoms with Gasteiger partial charge in [0.25, 0.3) is 5.91 Å². The van der Waals surface area contributed by atoms with Crippen molar-refractivity contribution in [3.8, 4) is 28.6 Å². The molecule has 0 aliphatic heterocycles. The molecule has 1 N–H and O–H groups in total. The minimum absolute atomic E-state index is 0.0940. The number of rotatable bonds is 9. The van der Waals surface area contributed by atoms with Crippen LogP contribution in [0.15, 0.2) is 77.0 Å². The van der Waals surface area contributed by atoms with Gasteiger partial charge >= 0.3 is 0 Å². The number of carbonyl (C=O) groups excluding carboxylic acids is 1. The summed E-state index contributed by atoms with van der Waals surface area (Å²) in [6, 6.07) is 20.7. The van der Waals surface area contributed by atoms with E-state index in [0.717, 1.165) is 16.8 Å². The lowest BCUT2D eigenvalue weighted by Crippen LogP contribution is -2.20. The van der Waals surface area contributed by atoms with Crippen molar-refractivity contribution in [3.63, 3.8) is 0 Å². The summed E-state index contributed by atoms with van der Waals surface area (Å²) in [6.45, 7) is 2.03. The van der Waals surface area contributed by atoms with Crippen LogP contribution in [0.4, 0.5) is 0 Å². The maximum Gasteiger partial charge on any atom is 0.250 e. The van der Waals surface area contributed by atoms with Gasteiger partial charge in [-0.05, 0) is 43.3 Å². The molecule has 10 heteroatoms. The Bertz CT molecular complexity index is 1370. The first-order valence-corrected chi connectivity index (χ1v) is 12.3. The molecule has 4 aromatic rings. The SMILES string of the molecule is COc1ccc(/C=N/NC(=O)CSc2nnc(-c3ccc(C)cc3)n2-c2ccc(Cl)cc2)c(OC)c1. The number of aromatic nitrogens is 3. The molecule has 36 heavy (non-hydrogen) atoms. The van der Waals surface area contributed by atoms with Crippen molar-refractivity contribution in [2.24, 2.45) is 5.10 Å². The van der Waals surface area contributed by atoms with E-state index in [0.29, 0.717) is 33.1 Å². The van der Waals surface area contributed by atoms with E-state index in [1.807, 2.05) is 47.9 Å². The van der Waals surface area contributed by atoms with Crippen LogP contribution in [0, 0.1) is 6.92 Å². The highest BCUT2D eigenvalue weighted by atomic mass is 35.5. The average molecular weight is 522 g/mol. The molecule has 0 spiro atoms. The Balaban J connectivity index is 1.49. The first kappa shape index (κ1) is 25.3. The number of thioether (sulfide) groups is 1. The Kier molecular flexibility index (Phi) is 8.24. The highest BCUT2D eigenvalue weighted by molar-refractivity contribution is 7.99. The van der Waals surface area contributed by atoms with Gasteiger partial charge in [-0.15, -0.1) is 10.2 Å². The predicted octanol–water partition coefficient (Wildman–Crippen LogP) is 5.16. The monoisotopic (exact) mass is 521 g/mol. The maximum atomic E-state index is 12.5. The first-order chi connectivity index (χ1) is 17.5. The van der Waals surface area contributed by atoms with Crippen molar-refractivity contribution < 1.29 is 14.3 Å². The summed E-state index contributed by atoms with van der Waals surface area (Å²) < 4.78 is 12.4. The number of nitrogens with one attached hydrogen (secondary N) is 1. The molecular weight excluding hydrogens is 498 g/mol. The molecule has 0 aliphatic rings. The van der Waals surface area contributed by atoms with Crippen LogP contribution in [-0.2, 0) is 4.79 Å². The number of amides is 1. The summed E-state index contributed by atoms with van der Waals surface area (Å²) in [5.74, 6) is 1.73. The lowest BCUT2D eigenvalue weighted by Gasteiger charge is -2.10. The van der Waals surface area contributed by atoms with Crippen LogP contribution in [-0.4, -0.2) is 46.9 Å². The molecule has 0 fully saturated rings. The normalized spacial score (nSPS) is 11.0. The summed E-state index contributed by atoms with van der Waals surface area (Å²) in [4.78, 5) is 12.5. The minimum atomic E-state index is -0.286. The molecular formula is C26H24ClN5O3S. The molecule has 0 bridgehead atoms. The van der Waals surface area contributed by atoms with Crippen molar-refractivity contribution in [2.45, 2.75) is 12.1 Å². The van der Waals surface area contributed by atoms with Gasteiger partial charge in [0, 0.05) is 27.9 Å². The van der Waals surface area contributed by atoms with Crippen LogP contribution in [0.2, 0.25) is 5.02 Å². The van der Waals surface area contributed by atoms with Gasteiger partial charge in [0.05, 0.1) is 26.2 Å². The van der Waals surface area contributed by atoms with Crippen molar-refractivity contribution in [1.29, 1.82) is 0 Å². The van der Waals surface area contributed by atoms with E-state index in [1.165, 1.54) is 18.0 Å². The largest absolute Gasteiger partial charge is 0.497 e. The number of aryl methyl sites for hydroxylation is 1. The Hall–Kier alpha value is -3.82. The van der Waals surface area contributed by atoms with Crippen LogP contribution < -0.4 is 14.9 Å². The standard InChI is InChI=1S/C26H24ClN5O3S/c1-17-4-6-18(7-5-17)25-30-31-26(32(25)21-11-9-20(27)10-12-21)36-16-24(33)29-28-15-19-8-13-22(34-2)14-23(19)35-3/h4-15H,16H2,1-3H3,(H,29,33)/b28-15+. The number of hydrogen-bond donors (Lipinski definition) is 1. The fraction of sp³-hybridized carbons (Fsp3) is 0.154. The zero-order valence-electron chi connectivity index (χ0n) is 19.9. The fourth-order valence-corrected chi connectivity index (χ4v) is 4.21. The third-order valence-corrected chi connectivity index (χ3v) is 6.37. The smallest absolute Gasteiger partial charge is 0.250 e. The number of carbonyl (C=O) groups is 1. The van der Waals surface area contributed by atoms with Gasteiger partial charge < -0.3 is 9.47 Å². The Labute approximate surface area is 218 Å². The minimum Gasteiger partial charge on any atom is -0.497 e. The van der Waals surface area contributed by atoms with Gasteiger partial charge in [-0.2, -0.15) is 5.10 Å². The number of ether oxygens (including phenoxy) is 2. The molecule has 1 aromatic heterocycles. The summed E-state index contributed by atoms with van der Waals surface area (Å²) in [7, 11) is 3.14. The topological polar surface area (TPSA) is 90.6 Å². The van der Waals surface area contributed by atoms with Gasteiger partial charge in [0.15, 0.2) is 11.0 Å². The van der Waals surface area contributed by atoms with E-state index in [2.05, 4.69) is 20.7 Å². The van der Waals surface area contributed by atoms with Crippen LogP contribution in [0.1, 0.15) is 11.1 Å². The molecule has 184 valence electrons. The third-order valence-electron chi connectivity index (χ3n) is 5.19. The summed E-state index contributed by atoms with van der Waals surface area (Å²) >= 11 is 7.35. The van der Waals surface area contributed by atoms with E-state index in [1.54, 1.807) is 44.6 Å². The van der Waals surface area contributed by atoms with Crippen LogP contribution in [0.3, 0.4) is 0 Å². The lowest BCUT2D eigenvalue weighted by atomic mass is 10.1. The maximum absolute atomic E-state index is 12.5. The van der Waals surface area contributed by atoms with Crippen molar-refractivity contribution >= 4 is 35.5 Å². The number of hydrogen-bond acceptors (Lipinski definition) is 7. The lowest BCUT2D eigenvalue weighted by molar-refractivity contribution is -0.118. The van der Waals surface area contributed by atoms with Crippen molar-refractivity contribution in [3.05, 3.63) is 82.9 Å². The van der Waals surface area contributed by atoms with Crippen LogP contribution in [0.25, 0.3) is 17.1 Å². The Morgan fingerprint density at radius 2 is 1.81 bits per heavy atom. The number of halogens is 1. The van der Waals surface area contributed by atoms with Crippen molar-refractivity contribution in [1.82, 2.24) is 20.2 Å². The molecule has 0 aliphatic carbocycles. The van der Waals surface area contributed by atoms with Gasteiger partial charge in [-0.1, -0.05) is 53.2 Å². The molecule has 8 nitrogen and oxygen atoms in total. The van der Waals surface area contributed by atoms with Crippen molar-refractivity contribution in [2.75, 3.05) is 20.0 Å². The molecule has 0 saturated heterocycles. The predicted molar refractivity (Wildman–Crippen MR) is 143 cm³/mol. The van der Waals surface area contributed by atoms with Gasteiger partial charge in [-0.25, -0.2) is 5.43 Å². The van der Waals surface area contributed by atoms with Crippen LogP contribution >= 0.6 is 23.4 Å². The molecule has 0 atom stereocenters. The molecule has 1 amide bonds. The average Bonchev–Trinajstić information content (AvgIpc) is 3.32. The molecule has 4 rings (SSSR count). The van der Waals surface area contributed by atoms with E-state index in [-0.39, 0.29) is 11.7 Å². The molecule has 0 unspecified atom stereocenters. The van der Waals surface area contributed by atoms with E-state index in [4.69, 9.17) is 21.1 Å². The van der Waals surface area contributed by atoms with E-state index in [9.17, 15) is 4.79 Å². The summed E-state index contributed by atoms with van der Waals surface area (Å²) in [5, 5.41) is 14.0. The van der Waals surface area contributed by atoms with Gasteiger partial charge in [0.2, 0.25) is 0 Å². The Morgan fingerprint density at radius 1 is 1.06 bits per heavy atom. The highest BCUT2D eigenvalue weighted by Crippen LogP contribution is 2.29. The number of benzene rings is 3. The van der Waals surface area contributed by atoms with Gasteiger partial charge in [0.1, 0.15) is 11.5 Å². The fourth-order valence-electron chi connectivity index (χ4n) is 3.34. The zero-order valence-corrected chi connectivity index (χ0v) is 21.5. The van der Waals surface area contributed by atoms with Crippen LogP contribution in [0.5, 0.6) is 11.5 Å². The molecule has 0 saturated carbocycles. The second kappa shape index (κ2) is 11.7. The highest BCUT2D eigenvalue weighted by Gasteiger charge is 2.17. The first-order valence-electron chi connectivity index (χ1n) is 10.9. The van der Waals surface area contributed by atoms with Gasteiger partial charge in [-0.3, -0.25) is 9.36 Å². The van der Waals surface area contributed by atoms with E-state index >= 15 is 0 Å². The number of nitrogens with zero attached hydrogens (tertiary/aromatic N) is 4. The second-order valence-electron chi connectivity index (χ2n) is 7.67. The summed E-state index contributed by atoms with van der Waals surface area (Å²) in [6.07, 6.45) is 1.52. The number of methoxy groups -OCH3 is 2. The zero-order chi connectivity index (χ0) is 25.5.